The van der Waals surface area contributed by atoms with E-state index in [-0.39, 0.29) is 5.92 Å². The van der Waals surface area contributed by atoms with Gasteiger partial charge in [0.25, 0.3) is 0 Å². The lowest BCUT2D eigenvalue weighted by atomic mass is 9.75. The van der Waals surface area contributed by atoms with Crippen LogP contribution in [-0.4, -0.2) is 35.1 Å². The predicted octanol–water partition coefficient (Wildman–Crippen LogP) is 2.61. The lowest BCUT2D eigenvalue weighted by molar-refractivity contribution is -0.142. The van der Waals surface area contributed by atoms with Gasteiger partial charge in [0, 0.05) is 19.1 Å². The molecule has 1 saturated carbocycles. The first-order chi connectivity index (χ1) is 7.89. The Hall–Kier alpha value is -0.570. The van der Waals surface area contributed by atoms with Gasteiger partial charge in [-0.15, -0.1) is 0 Å². The Morgan fingerprint density at radius 3 is 2.59 bits per heavy atom. The number of carboxylic acid groups (broad SMARTS) is 1. The second-order valence-corrected chi connectivity index (χ2v) is 6.79. The van der Waals surface area contributed by atoms with Gasteiger partial charge in [-0.1, -0.05) is 27.2 Å². The predicted molar refractivity (Wildman–Crippen MR) is 67.9 cm³/mol. The van der Waals surface area contributed by atoms with Crippen LogP contribution in [0.2, 0.25) is 0 Å². The summed E-state index contributed by atoms with van der Waals surface area (Å²) in [6.45, 7) is 8.49. The van der Waals surface area contributed by atoms with Gasteiger partial charge >= 0.3 is 5.97 Å². The average molecular weight is 239 g/mol. The van der Waals surface area contributed by atoms with Crippen molar-refractivity contribution >= 4 is 5.97 Å². The Morgan fingerprint density at radius 2 is 2.06 bits per heavy atom. The molecule has 1 heterocycles. The molecule has 0 radical (unpaired) electrons. The summed E-state index contributed by atoms with van der Waals surface area (Å²) in [4.78, 5) is 13.6. The van der Waals surface area contributed by atoms with Crippen LogP contribution in [0.15, 0.2) is 0 Å². The molecule has 0 aromatic carbocycles. The lowest BCUT2D eigenvalue weighted by Gasteiger charge is -2.39. The van der Waals surface area contributed by atoms with Gasteiger partial charge in [-0.3, -0.25) is 9.69 Å². The van der Waals surface area contributed by atoms with Crippen molar-refractivity contribution in [1.82, 2.24) is 4.90 Å². The van der Waals surface area contributed by atoms with Crippen LogP contribution in [0.3, 0.4) is 0 Å². The van der Waals surface area contributed by atoms with E-state index in [1.807, 2.05) is 0 Å². The molecule has 3 atom stereocenters. The van der Waals surface area contributed by atoms with E-state index in [2.05, 4.69) is 25.7 Å². The van der Waals surface area contributed by atoms with E-state index < -0.39 is 5.97 Å². The fraction of sp³-hybridized carbons (Fsp3) is 0.929. The first-order valence-electron chi connectivity index (χ1n) is 6.86. The van der Waals surface area contributed by atoms with Crippen molar-refractivity contribution in [2.45, 2.75) is 52.5 Å². The molecule has 1 N–H and O–H groups in total. The first kappa shape index (κ1) is 12.9. The van der Waals surface area contributed by atoms with E-state index in [1.54, 1.807) is 0 Å². The van der Waals surface area contributed by atoms with Gasteiger partial charge in [-0.25, -0.2) is 0 Å². The minimum atomic E-state index is -0.616. The summed E-state index contributed by atoms with van der Waals surface area (Å²) in [5, 5.41) is 9.18. The van der Waals surface area contributed by atoms with Crippen LogP contribution in [0, 0.1) is 17.3 Å². The van der Waals surface area contributed by atoms with Crippen LogP contribution >= 0.6 is 0 Å². The number of nitrogens with zero attached hydrogens (tertiary/aromatic N) is 1. The van der Waals surface area contributed by atoms with Gasteiger partial charge in [-0.2, -0.15) is 0 Å². The van der Waals surface area contributed by atoms with Gasteiger partial charge in [-0.05, 0) is 30.6 Å². The molecule has 0 aromatic rings. The van der Waals surface area contributed by atoms with Crippen molar-refractivity contribution in [3.63, 3.8) is 0 Å². The second kappa shape index (κ2) is 4.60. The summed E-state index contributed by atoms with van der Waals surface area (Å²) in [5.41, 5.74) is 0.438. The number of aliphatic carboxylic acids is 1. The maximum atomic E-state index is 11.1. The maximum absolute atomic E-state index is 11.1. The zero-order valence-electron chi connectivity index (χ0n) is 11.3. The van der Waals surface area contributed by atoms with Crippen molar-refractivity contribution in [2.75, 3.05) is 13.1 Å². The average Bonchev–Trinajstić information content (AvgIpc) is 2.59. The van der Waals surface area contributed by atoms with Gasteiger partial charge in [0.2, 0.25) is 0 Å². The van der Waals surface area contributed by atoms with Gasteiger partial charge in [0.1, 0.15) is 0 Å². The molecule has 3 heteroatoms. The molecule has 0 bridgehead atoms. The highest BCUT2D eigenvalue weighted by Gasteiger charge is 2.40. The fourth-order valence-corrected chi connectivity index (χ4v) is 3.59. The molecular formula is C14H25NO2. The number of hydrogen-bond acceptors (Lipinski definition) is 2. The zero-order chi connectivity index (χ0) is 12.6. The standard InChI is InChI=1S/C14H25NO2/c1-10-8-15(9-12(10)13(16)17)11-5-4-6-14(2,3)7-11/h10-12H,4-9H2,1-3H3,(H,16,17). The van der Waals surface area contributed by atoms with Crippen LogP contribution in [0.4, 0.5) is 0 Å². The highest BCUT2D eigenvalue weighted by Crippen LogP contribution is 2.39. The van der Waals surface area contributed by atoms with E-state index >= 15 is 0 Å². The Labute approximate surface area is 104 Å². The molecular weight excluding hydrogens is 214 g/mol. The molecule has 2 fully saturated rings. The maximum Gasteiger partial charge on any atom is 0.308 e. The van der Waals surface area contributed by atoms with E-state index in [9.17, 15) is 9.90 Å². The van der Waals surface area contributed by atoms with E-state index in [0.717, 1.165) is 13.1 Å². The number of carbonyl (C=O) groups is 1. The third-order valence-electron chi connectivity index (χ3n) is 4.65. The molecule has 3 unspecified atom stereocenters. The molecule has 2 aliphatic rings. The number of likely N-dealkylation sites (tertiary alicyclic amines) is 1. The highest BCUT2D eigenvalue weighted by atomic mass is 16.4. The fourth-order valence-electron chi connectivity index (χ4n) is 3.59. The molecule has 17 heavy (non-hydrogen) atoms. The van der Waals surface area contributed by atoms with E-state index in [4.69, 9.17) is 0 Å². The Balaban J connectivity index is 1.98. The van der Waals surface area contributed by atoms with Gasteiger partial charge in [0.15, 0.2) is 0 Å². The molecule has 0 aromatic heterocycles. The van der Waals surface area contributed by atoms with Crippen molar-refractivity contribution in [1.29, 1.82) is 0 Å². The Morgan fingerprint density at radius 1 is 1.35 bits per heavy atom. The summed E-state index contributed by atoms with van der Waals surface area (Å²) in [6.07, 6.45) is 5.09. The minimum Gasteiger partial charge on any atom is -0.481 e. The largest absolute Gasteiger partial charge is 0.481 e. The first-order valence-corrected chi connectivity index (χ1v) is 6.86. The topological polar surface area (TPSA) is 40.5 Å². The Bertz CT molecular complexity index is 301. The van der Waals surface area contributed by atoms with Crippen molar-refractivity contribution < 1.29 is 9.90 Å². The molecule has 0 spiro atoms. The molecule has 1 aliphatic carbocycles. The minimum absolute atomic E-state index is 0.153. The summed E-state index contributed by atoms with van der Waals surface area (Å²) < 4.78 is 0. The molecule has 98 valence electrons. The van der Waals surface area contributed by atoms with Crippen LogP contribution in [0.25, 0.3) is 0 Å². The summed E-state index contributed by atoms with van der Waals surface area (Å²) in [7, 11) is 0. The molecule has 2 rings (SSSR count). The quantitative estimate of drug-likeness (QED) is 0.805. The SMILES string of the molecule is CC1CN(C2CCCC(C)(C)C2)CC1C(=O)O. The monoisotopic (exact) mass is 239 g/mol. The van der Waals surface area contributed by atoms with Crippen LogP contribution < -0.4 is 0 Å². The number of carboxylic acids is 1. The van der Waals surface area contributed by atoms with E-state index in [1.165, 1.54) is 25.7 Å². The lowest BCUT2D eigenvalue weighted by Crippen LogP contribution is -2.40. The van der Waals surface area contributed by atoms with Crippen LogP contribution in [0.1, 0.15) is 46.5 Å². The molecule has 0 amide bonds. The van der Waals surface area contributed by atoms with Crippen LogP contribution in [-0.2, 0) is 4.79 Å². The van der Waals surface area contributed by atoms with E-state index in [0.29, 0.717) is 17.4 Å². The highest BCUT2D eigenvalue weighted by molar-refractivity contribution is 5.71. The third kappa shape index (κ3) is 2.82. The summed E-state index contributed by atoms with van der Waals surface area (Å²) >= 11 is 0. The van der Waals surface area contributed by atoms with Crippen molar-refractivity contribution in [3.8, 4) is 0 Å². The smallest absolute Gasteiger partial charge is 0.308 e. The van der Waals surface area contributed by atoms with Crippen molar-refractivity contribution in [3.05, 3.63) is 0 Å². The normalized spacial score (nSPS) is 38.2. The molecule has 3 nitrogen and oxygen atoms in total. The van der Waals surface area contributed by atoms with Crippen molar-refractivity contribution in [2.24, 2.45) is 17.3 Å². The second-order valence-electron chi connectivity index (χ2n) is 6.79. The van der Waals surface area contributed by atoms with Crippen LogP contribution in [0.5, 0.6) is 0 Å². The molecule has 1 aliphatic heterocycles. The molecule has 1 saturated heterocycles. The summed E-state index contributed by atoms with van der Waals surface area (Å²) in [5.74, 6) is -0.465. The van der Waals surface area contributed by atoms with Gasteiger partial charge < -0.3 is 5.11 Å². The zero-order valence-corrected chi connectivity index (χ0v) is 11.3. The summed E-state index contributed by atoms with van der Waals surface area (Å²) in [6, 6.07) is 0.616. The third-order valence-corrected chi connectivity index (χ3v) is 4.65. The number of rotatable bonds is 2. The van der Waals surface area contributed by atoms with Gasteiger partial charge in [0.05, 0.1) is 5.92 Å². The number of hydrogen-bond donors (Lipinski definition) is 1. The Kier molecular flexibility index (Phi) is 3.48.